The quantitative estimate of drug-likeness (QED) is 0.664. The number of nitrogens with zero attached hydrogens (tertiary/aromatic N) is 1. The van der Waals surface area contributed by atoms with Gasteiger partial charge in [0.15, 0.2) is 0 Å². The van der Waals surface area contributed by atoms with Gasteiger partial charge < -0.3 is 9.84 Å². The van der Waals surface area contributed by atoms with Crippen molar-refractivity contribution >= 4 is 28.6 Å². The van der Waals surface area contributed by atoms with E-state index in [0.29, 0.717) is 11.1 Å². The van der Waals surface area contributed by atoms with E-state index in [9.17, 15) is 18.0 Å². The zero-order valence-corrected chi connectivity index (χ0v) is 10.7. The standard InChI is InChI=1S/C9H7F3INO3/c1-4-2-6(17-9(10,11)12)14-8(13)5(4)3-7(15)16/h2H,3H2,1H3,(H,15,16). The van der Waals surface area contributed by atoms with Gasteiger partial charge in [0.25, 0.3) is 0 Å². The van der Waals surface area contributed by atoms with E-state index in [2.05, 4.69) is 9.72 Å². The molecule has 0 aliphatic heterocycles. The van der Waals surface area contributed by atoms with E-state index in [1.807, 2.05) is 0 Å². The number of hydrogen-bond acceptors (Lipinski definition) is 3. The molecule has 0 unspecified atom stereocenters. The van der Waals surface area contributed by atoms with Crippen LogP contribution in [0.25, 0.3) is 0 Å². The summed E-state index contributed by atoms with van der Waals surface area (Å²) in [5.41, 5.74) is 0.777. The Kier molecular flexibility index (Phi) is 4.17. The summed E-state index contributed by atoms with van der Waals surface area (Å²) >= 11 is 1.67. The SMILES string of the molecule is Cc1cc(OC(F)(F)F)nc(I)c1CC(=O)O. The van der Waals surface area contributed by atoms with Gasteiger partial charge in [0.1, 0.15) is 3.70 Å². The second-order valence-corrected chi connectivity index (χ2v) is 4.19. The highest BCUT2D eigenvalue weighted by Gasteiger charge is 2.32. The van der Waals surface area contributed by atoms with E-state index in [0.717, 1.165) is 6.07 Å². The first-order valence-electron chi connectivity index (χ1n) is 4.32. The number of carboxylic acids is 1. The number of aliphatic carboxylic acids is 1. The number of carbonyl (C=O) groups is 1. The van der Waals surface area contributed by atoms with Gasteiger partial charge in [-0.25, -0.2) is 4.98 Å². The number of halogens is 4. The molecule has 17 heavy (non-hydrogen) atoms. The lowest BCUT2D eigenvalue weighted by atomic mass is 10.1. The van der Waals surface area contributed by atoms with Crippen LogP contribution in [0.15, 0.2) is 6.07 Å². The highest BCUT2D eigenvalue weighted by atomic mass is 127. The van der Waals surface area contributed by atoms with E-state index < -0.39 is 18.2 Å². The number of aryl methyl sites for hydroxylation is 1. The van der Waals surface area contributed by atoms with Gasteiger partial charge in [-0.1, -0.05) is 0 Å². The van der Waals surface area contributed by atoms with Crippen LogP contribution < -0.4 is 4.74 Å². The van der Waals surface area contributed by atoms with Gasteiger partial charge in [-0.05, 0) is 40.6 Å². The molecule has 4 nitrogen and oxygen atoms in total. The van der Waals surface area contributed by atoms with Crippen molar-refractivity contribution < 1.29 is 27.8 Å². The van der Waals surface area contributed by atoms with Crippen molar-refractivity contribution in [2.24, 2.45) is 0 Å². The fourth-order valence-electron chi connectivity index (χ4n) is 1.17. The number of carboxylic acid groups (broad SMARTS) is 1. The molecule has 1 aromatic heterocycles. The molecule has 0 bridgehead atoms. The molecule has 0 aliphatic rings. The van der Waals surface area contributed by atoms with Crippen LogP contribution in [0.2, 0.25) is 0 Å². The van der Waals surface area contributed by atoms with E-state index >= 15 is 0 Å². The molecule has 0 saturated heterocycles. The van der Waals surface area contributed by atoms with Crippen molar-refractivity contribution in [2.75, 3.05) is 0 Å². The van der Waals surface area contributed by atoms with Crippen LogP contribution in [0.1, 0.15) is 11.1 Å². The molecule has 0 radical (unpaired) electrons. The molecule has 94 valence electrons. The first-order valence-corrected chi connectivity index (χ1v) is 5.40. The molecule has 0 saturated carbocycles. The summed E-state index contributed by atoms with van der Waals surface area (Å²) in [4.78, 5) is 14.1. The summed E-state index contributed by atoms with van der Waals surface area (Å²) in [7, 11) is 0. The lowest BCUT2D eigenvalue weighted by molar-refractivity contribution is -0.276. The number of pyridine rings is 1. The second kappa shape index (κ2) is 5.07. The Morgan fingerprint density at radius 1 is 1.59 bits per heavy atom. The van der Waals surface area contributed by atoms with Crippen LogP contribution in [-0.4, -0.2) is 22.4 Å². The monoisotopic (exact) mass is 361 g/mol. The first-order chi connectivity index (χ1) is 7.69. The number of aromatic nitrogens is 1. The molecule has 8 heteroatoms. The van der Waals surface area contributed by atoms with Crippen LogP contribution in [0.3, 0.4) is 0 Å². The largest absolute Gasteiger partial charge is 0.574 e. The van der Waals surface area contributed by atoms with Crippen molar-refractivity contribution in [2.45, 2.75) is 19.7 Å². The van der Waals surface area contributed by atoms with Crippen LogP contribution >= 0.6 is 22.6 Å². The van der Waals surface area contributed by atoms with E-state index in [1.54, 1.807) is 22.6 Å². The Bertz CT molecular complexity index is 425. The molecule has 1 rings (SSSR count). The fraction of sp³-hybridized carbons (Fsp3) is 0.333. The average molecular weight is 361 g/mol. The van der Waals surface area contributed by atoms with Crippen molar-refractivity contribution in [1.29, 1.82) is 0 Å². The highest BCUT2D eigenvalue weighted by molar-refractivity contribution is 14.1. The number of alkyl halides is 3. The van der Waals surface area contributed by atoms with Crippen molar-refractivity contribution in [3.05, 3.63) is 20.9 Å². The number of hydrogen-bond donors (Lipinski definition) is 1. The third kappa shape index (κ3) is 4.36. The summed E-state index contributed by atoms with van der Waals surface area (Å²) < 4.78 is 39.7. The first kappa shape index (κ1) is 14.0. The Morgan fingerprint density at radius 2 is 2.18 bits per heavy atom. The van der Waals surface area contributed by atoms with Gasteiger partial charge in [-0.3, -0.25) is 4.79 Å². The zero-order chi connectivity index (χ0) is 13.2. The van der Waals surface area contributed by atoms with Gasteiger partial charge >= 0.3 is 12.3 Å². The Hall–Kier alpha value is -1.06. The molecular formula is C9H7F3INO3. The predicted molar refractivity (Wildman–Crippen MR) is 59.7 cm³/mol. The maximum absolute atomic E-state index is 12.0. The maximum Gasteiger partial charge on any atom is 0.574 e. The molecule has 1 heterocycles. The zero-order valence-electron chi connectivity index (χ0n) is 8.51. The Morgan fingerprint density at radius 3 is 2.59 bits per heavy atom. The van der Waals surface area contributed by atoms with E-state index in [4.69, 9.17) is 5.11 Å². The topological polar surface area (TPSA) is 59.4 Å². The average Bonchev–Trinajstić information content (AvgIpc) is 2.08. The minimum absolute atomic E-state index is 0.184. The molecule has 1 N–H and O–H groups in total. The van der Waals surface area contributed by atoms with Gasteiger partial charge in [-0.2, -0.15) is 0 Å². The van der Waals surface area contributed by atoms with Crippen LogP contribution in [0.5, 0.6) is 5.88 Å². The lowest BCUT2D eigenvalue weighted by Gasteiger charge is -2.11. The number of ether oxygens (including phenoxy) is 1. The third-order valence-corrected chi connectivity index (χ3v) is 2.71. The Balaban J connectivity index is 3.05. The van der Waals surface area contributed by atoms with Crippen molar-refractivity contribution in [3.63, 3.8) is 0 Å². The van der Waals surface area contributed by atoms with Crippen LogP contribution in [-0.2, 0) is 11.2 Å². The molecule has 0 aromatic carbocycles. The maximum atomic E-state index is 12.0. The fourth-order valence-corrected chi connectivity index (χ4v) is 2.02. The van der Waals surface area contributed by atoms with Crippen molar-refractivity contribution in [3.8, 4) is 5.88 Å². The van der Waals surface area contributed by atoms with Gasteiger partial charge in [0.2, 0.25) is 5.88 Å². The second-order valence-electron chi connectivity index (χ2n) is 3.17. The summed E-state index contributed by atoms with van der Waals surface area (Å²) in [6.45, 7) is 1.51. The van der Waals surface area contributed by atoms with Gasteiger partial charge in [-0.15, -0.1) is 13.2 Å². The molecule has 0 atom stereocenters. The number of rotatable bonds is 3. The molecule has 0 spiro atoms. The molecular weight excluding hydrogens is 354 g/mol. The molecule has 1 aromatic rings. The normalized spacial score (nSPS) is 11.4. The van der Waals surface area contributed by atoms with Crippen molar-refractivity contribution in [1.82, 2.24) is 4.98 Å². The summed E-state index contributed by atoms with van der Waals surface area (Å²) in [5.74, 6) is -1.66. The molecule has 0 aliphatic carbocycles. The smallest absolute Gasteiger partial charge is 0.481 e. The third-order valence-electron chi connectivity index (χ3n) is 1.82. The molecule has 0 fully saturated rings. The highest BCUT2D eigenvalue weighted by Crippen LogP contribution is 2.25. The summed E-state index contributed by atoms with van der Waals surface area (Å²) in [6.07, 6.45) is -5.10. The van der Waals surface area contributed by atoms with E-state index in [-0.39, 0.29) is 10.1 Å². The Labute approximate surface area is 108 Å². The van der Waals surface area contributed by atoms with E-state index in [1.165, 1.54) is 6.92 Å². The van der Waals surface area contributed by atoms with Crippen LogP contribution in [0.4, 0.5) is 13.2 Å². The minimum Gasteiger partial charge on any atom is -0.481 e. The summed E-state index contributed by atoms with van der Waals surface area (Å²) in [6, 6.07) is 1.06. The predicted octanol–water partition coefficient (Wildman–Crippen LogP) is 2.52. The molecule has 0 amide bonds. The van der Waals surface area contributed by atoms with Crippen LogP contribution in [0, 0.1) is 10.6 Å². The minimum atomic E-state index is -4.81. The summed E-state index contributed by atoms with van der Waals surface area (Å²) in [5, 5.41) is 8.63. The van der Waals surface area contributed by atoms with Gasteiger partial charge in [0.05, 0.1) is 6.42 Å². The lowest BCUT2D eigenvalue weighted by Crippen LogP contribution is -2.18. The van der Waals surface area contributed by atoms with Gasteiger partial charge in [0, 0.05) is 6.07 Å².